The van der Waals surface area contributed by atoms with Crippen molar-refractivity contribution >= 4 is 17.5 Å². The van der Waals surface area contributed by atoms with Crippen molar-refractivity contribution in [2.75, 3.05) is 20.8 Å². The van der Waals surface area contributed by atoms with Gasteiger partial charge in [-0.3, -0.25) is 4.79 Å². The summed E-state index contributed by atoms with van der Waals surface area (Å²) in [6, 6.07) is 11.4. The van der Waals surface area contributed by atoms with Crippen molar-refractivity contribution in [3.8, 4) is 11.5 Å². The molecule has 0 saturated carbocycles. The van der Waals surface area contributed by atoms with Crippen LogP contribution in [0, 0.1) is 0 Å². The topological polar surface area (TPSA) is 98.2 Å². The molecular formula is C19H18N2O5. The van der Waals surface area contributed by atoms with Gasteiger partial charge < -0.3 is 19.7 Å². The maximum Gasteiger partial charge on any atom is 0.422 e. The van der Waals surface area contributed by atoms with Crippen LogP contribution < -0.4 is 9.47 Å². The lowest BCUT2D eigenvalue weighted by atomic mass is 9.95. The summed E-state index contributed by atoms with van der Waals surface area (Å²) in [7, 11) is 2.85. The quantitative estimate of drug-likeness (QED) is 0.250. The molecule has 0 amide bonds. The number of hydrogen-bond donors (Lipinski definition) is 0. The predicted octanol–water partition coefficient (Wildman–Crippen LogP) is 2.52. The van der Waals surface area contributed by atoms with Gasteiger partial charge in [-0.25, -0.2) is 4.79 Å². The molecule has 0 atom stereocenters. The fourth-order valence-corrected chi connectivity index (χ4v) is 2.41. The van der Waals surface area contributed by atoms with E-state index in [1.165, 1.54) is 26.4 Å². The molecule has 0 saturated heterocycles. The van der Waals surface area contributed by atoms with Crippen LogP contribution in [0.4, 0.5) is 0 Å². The minimum absolute atomic E-state index is 0.0810. The van der Waals surface area contributed by atoms with Crippen LogP contribution in [-0.4, -0.2) is 43.1 Å². The van der Waals surface area contributed by atoms with E-state index in [0.717, 1.165) is 0 Å². The predicted molar refractivity (Wildman–Crippen MR) is 93.8 cm³/mol. The molecule has 2 aromatic rings. The third kappa shape index (κ3) is 3.79. The fourth-order valence-electron chi connectivity index (χ4n) is 2.41. The van der Waals surface area contributed by atoms with Crippen LogP contribution in [0.2, 0.25) is 0 Å². The average Bonchev–Trinajstić information content (AvgIpc) is 2.68. The maximum atomic E-state index is 13.0. The molecule has 0 radical (unpaired) electrons. The summed E-state index contributed by atoms with van der Waals surface area (Å²) in [6.45, 7) is 1.71. The third-order valence-corrected chi connectivity index (χ3v) is 3.63. The Kier molecular flexibility index (Phi) is 6.25. The van der Waals surface area contributed by atoms with Crippen LogP contribution in [-0.2, 0) is 9.53 Å². The molecule has 0 aliphatic heterocycles. The van der Waals surface area contributed by atoms with Gasteiger partial charge in [0.15, 0.2) is 17.3 Å². The first-order chi connectivity index (χ1) is 12.6. The van der Waals surface area contributed by atoms with Crippen molar-refractivity contribution in [1.82, 2.24) is 0 Å². The molecule has 2 aromatic carbocycles. The lowest BCUT2D eigenvalue weighted by molar-refractivity contribution is -0.139. The first-order valence-electron chi connectivity index (χ1n) is 7.82. The van der Waals surface area contributed by atoms with Gasteiger partial charge in [-0.1, -0.05) is 30.3 Å². The molecule has 26 heavy (non-hydrogen) atoms. The van der Waals surface area contributed by atoms with Gasteiger partial charge in [0, 0.05) is 17.2 Å². The lowest BCUT2D eigenvalue weighted by Crippen LogP contribution is -2.23. The van der Waals surface area contributed by atoms with Gasteiger partial charge in [0.05, 0.1) is 26.4 Å². The molecule has 0 aromatic heterocycles. The minimum atomic E-state index is -0.857. The Hall–Kier alpha value is -3.44. The van der Waals surface area contributed by atoms with Crippen LogP contribution in [0.5, 0.6) is 11.5 Å². The van der Waals surface area contributed by atoms with E-state index in [9.17, 15) is 15.1 Å². The first-order valence-corrected chi connectivity index (χ1v) is 7.82. The van der Waals surface area contributed by atoms with E-state index >= 15 is 0 Å². The number of methoxy groups -OCH3 is 2. The van der Waals surface area contributed by atoms with Crippen molar-refractivity contribution in [3.05, 3.63) is 64.7 Å². The van der Waals surface area contributed by atoms with Crippen molar-refractivity contribution in [2.24, 2.45) is 0 Å². The molecule has 0 bridgehead atoms. The van der Waals surface area contributed by atoms with Crippen molar-refractivity contribution < 1.29 is 28.6 Å². The lowest BCUT2D eigenvalue weighted by Gasteiger charge is -2.12. The Morgan fingerprint density at radius 1 is 1.00 bits per heavy atom. The van der Waals surface area contributed by atoms with Crippen molar-refractivity contribution in [2.45, 2.75) is 6.92 Å². The van der Waals surface area contributed by atoms with Gasteiger partial charge in [0.1, 0.15) is 0 Å². The van der Waals surface area contributed by atoms with E-state index in [4.69, 9.17) is 14.2 Å². The van der Waals surface area contributed by atoms with Crippen LogP contribution >= 0.6 is 0 Å². The van der Waals surface area contributed by atoms with E-state index < -0.39 is 11.7 Å². The first kappa shape index (κ1) is 18.9. The molecule has 0 spiro atoms. The van der Waals surface area contributed by atoms with Gasteiger partial charge >= 0.3 is 11.7 Å². The summed E-state index contributed by atoms with van der Waals surface area (Å²) in [4.78, 5) is 28.1. The largest absolute Gasteiger partial charge is 0.493 e. The zero-order valence-corrected chi connectivity index (χ0v) is 14.7. The van der Waals surface area contributed by atoms with E-state index in [0.29, 0.717) is 11.3 Å². The summed E-state index contributed by atoms with van der Waals surface area (Å²) in [5, 5.41) is 0. The standard InChI is InChI=1S/C19H18N2O5/c1-4-26-19(23)17(21-20)13-10-15(24-2)16(25-3)11-14(13)18(22)12-8-6-5-7-9-12/h5-11H,4H2,1-3H3. The number of carbonyl (C=O) groups is 2. The van der Waals surface area contributed by atoms with Gasteiger partial charge in [-0.15, -0.1) is 0 Å². The number of ketones is 1. The monoisotopic (exact) mass is 354 g/mol. The molecule has 0 aliphatic carbocycles. The highest BCUT2D eigenvalue weighted by molar-refractivity contribution is 6.42. The SMILES string of the molecule is CCOC(=O)C(=[N+]=[N-])c1cc(OC)c(OC)cc1C(=O)c1ccccc1. The number of carbonyl (C=O) groups excluding carboxylic acids is 2. The molecule has 0 fully saturated rings. The molecule has 0 unspecified atom stereocenters. The number of benzene rings is 2. The highest BCUT2D eigenvalue weighted by atomic mass is 16.5. The molecule has 0 aliphatic rings. The number of rotatable bonds is 7. The Labute approximate surface area is 150 Å². The summed E-state index contributed by atoms with van der Waals surface area (Å²) in [5.41, 5.74) is 9.56. The van der Waals surface area contributed by atoms with Gasteiger partial charge in [0.2, 0.25) is 0 Å². The minimum Gasteiger partial charge on any atom is -0.493 e. The number of nitrogens with zero attached hydrogens (tertiary/aromatic N) is 2. The second-order valence-electron chi connectivity index (χ2n) is 5.12. The number of esters is 1. The second kappa shape index (κ2) is 8.60. The van der Waals surface area contributed by atoms with Crippen molar-refractivity contribution in [3.63, 3.8) is 0 Å². The number of ether oxygens (including phenoxy) is 3. The molecule has 2 rings (SSSR count). The maximum absolute atomic E-state index is 13.0. The zero-order valence-electron chi connectivity index (χ0n) is 14.7. The van der Waals surface area contributed by atoms with Crippen LogP contribution in [0.1, 0.15) is 28.4 Å². The highest BCUT2D eigenvalue weighted by Crippen LogP contribution is 2.32. The van der Waals surface area contributed by atoms with E-state index in [-0.39, 0.29) is 29.3 Å². The molecule has 0 N–H and O–H groups in total. The summed E-state index contributed by atoms with van der Waals surface area (Å²) in [5.74, 6) is -0.648. The smallest absolute Gasteiger partial charge is 0.422 e. The molecule has 134 valence electrons. The van der Waals surface area contributed by atoms with E-state index in [1.807, 2.05) is 0 Å². The Bertz CT molecular complexity index is 871. The van der Waals surface area contributed by atoms with E-state index in [1.54, 1.807) is 37.3 Å². The van der Waals surface area contributed by atoms with E-state index in [2.05, 4.69) is 4.79 Å². The molecule has 0 heterocycles. The number of hydrogen-bond acceptors (Lipinski definition) is 5. The fraction of sp³-hybridized carbons (Fsp3) is 0.211. The summed E-state index contributed by atoms with van der Waals surface area (Å²) in [6.07, 6.45) is 0. The second-order valence-corrected chi connectivity index (χ2v) is 5.12. The Balaban J connectivity index is 2.70. The normalized spacial score (nSPS) is 9.81. The zero-order chi connectivity index (χ0) is 19.1. The van der Waals surface area contributed by atoms with Crippen molar-refractivity contribution in [1.29, 1.82) is 0 Å². The van der Waals surface area contributed by atoms with Crippen LogP contribution in [0.25, 0.3) is 5.53 Å². The summed E-state index contributed by atoms with van der Waals surface area (Å²) >= 11 is 0. The summed E-state index contributed by atoms with van der Waals surface area (Å²) < 4.78 is 15.4. The van der Waals surface area contributed by atoms with Gasteiger partial charge in [-0.2, -0.15) is 4.79 Å². The third-order valence-electron chi connectivity index (χ3n) is 3.63. The highest BCUT2D eigenvalue weighted by Gasteiger charge is 2.31. The molecule has 7 nitrogen and oxygen atoms in total. The van der Waals surface area contributed by atoms with Gasteiger partial charge in [-0.05, 0) is 13.0 Å². The van der Waals surface area contributed by atoms with Crippen LogP contribution in [0.15, 0.2) is 42.5 Å². The molecular weight excluding hydrogens is 336 g/mol. The van der Waals surface area contributed by atoms with Gasteiger partial charge in [0.25, 0.3) is 0 Å². The average molecular weight is 354 g/mol. The van der Waals surface area contributed by atoms with Crippen LogP contribution in [0.3, 0.4) is 0 Å². The molecule has 7 heteroatoms. The Morgan fingerprint density at radius 2 is 1.58 bits per heavy atom. The Morgan fingerprint density at radius 3 is 2.08 bits per heavy atom.